The monoisotopic (exact) mass is 269 g/mol. The fraction of sp³-hybridized carbons (Fsp3) is 0.500. The first-order chi connectivity index (χ1) is 8.99. The average molecular weight is 269 g/mol. The zero-order valence-electron chi connectivity index (χ0n) is 10.7. The van der Waals surface area contributed by atoms with Gasteiger partial charge >= 0.3 is 0 Å². The van der Waals surface area contributed by atoms with Gasteiger partial charge in [0.25, 0.3) is 5.91 Å². The van der Waals surface area contributed by atoms with Crippen molar-refractivity contribution in [2.24, 2.45) is 5.92 Å². The Morgan fingerprint density at radius 1 is 1.42 bits per heavy atom. The number of amides is 1. The van der Waals surface area contributed by atoms with Crippen LogP contribution >= 0.6 is 0 Å². The molecule has 1 aliphatic carbocycles. The summed E-state index contributed by atoms with van der Waals surface area (Å²) in [5.74, 6) is -2.23. The van der Waals surface area contributed by atoms with E-state index < -0.39 is 23.1 Å². The van der Waals surface area contributed by atoms with Crippen LogP contribution in [0.15, 0.2) is 12.1 Å². The van der Waals surface area contributed by atoms with Crippen molar-refractivity contribution >= 4 is 5.91 Å². The van der Waals surface area contributed by atoms with Crippen LogP contribution in [0, 0.1) is 24.5 Å². The molecule has 0 saturated heterocycles. The summed E-state index contributed by atoms with van der Waals surface area (Å²) < 4.78 is 27.2. The Balaban J connectivity index is 2.02. The summed E-state index contributed by atoms with van der Waals surface area (Å²) in [6, 6.07) is 2.39. The number of hydrogen-bond acceptors (Lipinski definition) is 2. The van der Waals surface area contributed by atoms with Gasteiger partial charge in [0.05, 0.1) is 6.10 Å². The molecule has 2 atom stereocenters. The van der Waals surface area contributed by atoms with Crippen molar-refractivity contribution in [1.29, 1.82) is 0 Å². The van der Waals surface area contributed by atoms with Crippen molar-refractivity contribution in [1.82, 2.24) is 5.32 Å². The molecule has 1 aromatic carbocycles. The minimum atomic E-state index is -0.855. The van der Waals surface area contributed by atoms with Crippen molar-refractivity contribution in [2.75, 3.05) is 6.54 Å². The van der Waals surface area contributed by atoms with Crippen molar-refractivity contribution in [3.63, 3.8) is 0 Å². The van der Waals surface area contributed by atoms with Gasteiger partial charge in [-0.1, -0.05) is 6.07 Å². The second-order valence-corrected chi connectivity index (χ2v) is 5.10. The highest BCUT2D eigenvalue weighted by Gasteiger charge is 2.24. The Bertz CT molecular complexity index is 491. The molecule has 104 valence electrons. The van der Waals surface area contributed by atoms with Crippen molar-refractivity contribution in [2.45, 2.75) is 32.3 Å². The summed E-state index contributed by atoms with van der Waals surface area (Å²) >= 11 is 0. The molecule has 0 aromatic heterocycles. The van der Waals surface area contributed by atoms with Crippen LogP contribution in [0.1, 0.15) is 35.2 Å². The molecule has 19 heavy (non-hydrogen) atoms. The van der Waals surface area contributed by atoms with Gasteiger partial charge in [0.2, 0.25) is 0 Å². The van der Waals surface area contributed by atoms with E-state index in [0.29, 0.717) is 19.4 Å². The molecule has 1 aromatic rings. The van der Waals surface area contributed by atoms with Crippen LogP contribution in [0.4, 0.5) is 8.78 Å². The molecular weight excluding hydrogens is 252 g/mol. The number of halogens is 2. The van der Waals surface area contributed by atoms with E-state index in [1.807, 2.05) is 0 Å². The van der Waals surface area contributed by atoms with E-state index >= 15 is 0 Å². The van der Waals surface area contributed by atoms with E-state index in [0.717, 1.165) is 12.5 Å². The van der Waals surface area contributed by atoms with E-state index in [1.165, 1.54) is 13.0 Å². The second-order valence-electron chi connectivity index (χ2n) is 5.10. The summed E-state index contributed by atoms with van der Waals surface area (Å²) in [5.41, 5.74) is -0.290. The normalized spacial score (nSPS) is 22.5. The predicted octanol–water partition coefficient (Wildman–Crippen LogP) is 2.16. The molecule has 0 heterocycles. The van der Waals surface area contributed by atoms with Gasteiger partial charge in [0.15, 0.2) is 0 Å². The van der Waals surface area contributed by atoms with Gasteiger partial charge in [0.1, 0.15) is 17.2 Å². The summed E-state index contributed by atoms with van der Waals surface area (Å²) in [6.07, 6.45) is 1.84. The molecule has 2 unspecified atom stereocenters. The molecular formula is C14H17F2NO2. The maximum absolute atomic E-state index is 13.7. The largest absolute Gasteiger partial charge is 0.393 e. The van der Waals surface area contributed by atoms with Gasteiger partial charge in [-0.25, -0.2) is 8.78 Å². The zero-order valence-corrected chi connectivity index (χ0v) is 10.7. The Labute approximate surface area is 110 Å². The number of rotatable bonds is 3. The van der Waals surface area contributed by atoms with Gasteiger partial charge in [0, 0.05) is 6.54 Å². The number of aryl methyl sites for hydroxylation is 1. The molecule has 1 fully saturated rings. The Hall–Kier alpha value is -1.49. The van der Waals surface area contributed by atoms with E-state index in [2.05, 4.69) is 5.32 Å². The number of carbonyl (C=O) groups excluding carboxylic acids is 1. The summed E-state index contributed by atoms with van der Waals surface area (Å²) in [6.45, 7) is 1.82. The van der Waals surface area contributed by atoms with E-state index in [4.69, 9.17) is 0 Å². The lowest BCUT2D eigenvalue weighted by Gasteiger charge is -2.12. The smallest absolute Gasteiger partial charge is 0.257 e. The fourth-order valence-electron chi connectivity index (χ4n) is 2.42. The number of carbonyl (C=O) groups is 1. The first-order valence-corrected chi connectivity index (χ1v) is 6.40. The number of aliphatic hydroxyl groups is 1. The van der Waals surface area contributed by atoms with Crippen LogP contribution in [-0.4, -0.2) is 23.7 Å². The van der Waals surface area contributed by atoms with Crippen molar-refractivity contribution in [3.8, 4) is 0 Å². The molecule has 0 radical (unpaired) electrons. The van der Waals surface area contributed by atoms with Gasteiger partial charge in [-0.15, -0.1) is 0 Å². The highest BCUT2D eigenvalue weighted by molar-refractivity contribution is 5.94. The van der Waals surface area contributed by atoms with Crippen LogP contribution in [0.5, 0.6) is 0 Å². The Kier molecular flexibility index (Phi) is 4.14. The van der Waals surface area contributed by atoms with Gasteiger partial charge < -0.3 is 10.4 Å². The molecule has 1 amide bonds. The lowest BCUT2D eigenvalue weighted by Crippen LogP contribution is -2.30. The van der Waals surface area contributed by atoms with Crippen LogP contribution < -0.4 is 5.32 Å². The van der Waals surface area contributed by atoms with Gasteiger partial charge in [-0.2, -0.15) is 0 Å². The molecule has 0 spiro atoms. The van der Waals surface area contributed by atoms with Crippen LogP contribution in [0.2, 0.25) is 0 Å². The SMILES string of the molecule is Cc1ccc(F)c(C(=O)NCC2CCC(O)C2)c1F. The number of benzene rings is 1. The van der Waals surface area contributed by atoms with Crippen LogP contribution in [0.3, 0.4) is 0 Å². The van der Waals surface area contributed by atoms with Crippen molar-refractivity contribution < 1.29 is 18.7 Å². The highest BCUT2D eigenvalue weighted by atomic mass is 19.1. The quantitative estimate of drug-likeness (QED) is 0.883. The molecule has 1 aliphatic rings. The lowest BCUT2D eigenvalue weighted by molar-refractivity contribution is 0.0936. The molecule has 2 rings (SSSR count). The van der Waals surface area contributed by atoms with E-state index in [1.54, 1.807) is 0 Å². The number of nitrogens with one attached hydrogen (secondary N) is 1. The standard InChI is InChI=1S/C14H17F2NO2/c1-8-2-5-11(15)12(13(8)16)14(19)17-7-9-3-4-10(18)6-9/h2,5,9-10,18H,3-4,6-7H2,1H3,(H,17,19). The molecule has 0 bridgehead atoms. The van der Waals surface area contributed by atoms with Gasteiger partial charge in [-0.05, 0) is 43.7 Å². The lowest BCUT2D eigenvalue weighted by atomic mass is 10.1. The maximum Gasteiger partial charge on any atom is 0.257 e. The Morgan fingerprint density at radius 2 is 2.16 bits per heavy atom. The minimum absolute atomic E-state index is 0.176. The summed E-state index contributed by atoms with van der Waals surface area (Å²) in [7, 11) is 0. The third-order valence-electron chi connectivity index (χ3n) is 3.58. The number of aliphatic hydroxyl groups excluding tert-OH is 1. The molecule has 1 saturated carbocycles. The highest BCUT2D eigenvalue weighted by Crippen LogP contribution is 2.24. The first-order valence-electron chi connectivity index (χ1n) is 6.40. The maximum atomic E-state index is 13.7. The zero-order chi connectivity index (χ0) is 14.0. The molecule has 5 heteroatoms. The fourth-order valence-corrected chi connectivity index (χ4v) is 2.42. The second kappa shape index (κ2) is 5.65. The first kappa shape index (κ1) is 13.9. The third kappa shape index (κ3) is 3.10. The minimum Gasteiger partial charge on any atom is -0.393 e. The molecule has 2 N–H and O–H groups in total. The summed E-state index contributed by atoms with van der Waals surface area (Å²) in [5, 5.41) is 11.9. The van der Waals surface area contributed by atoms with E-state index in [-0.39, 0.29) is 17.6 Å². The number of hydrogen-bond donors (Lipinski definition) is 2. The predicted molar refractivity (Wildman–Crippen MR) is 66.8 cm³/mol. The van der Waals surface area contributed by atoms with Crippen LogP contribution in [0.25, 0.3) is 0 Å². The van der Waals surface area contributed by atoms with Crippen molar-refractivity contribution in [3.05, 3.63) is 34.9 Å². The van der Waals surface area contributed by atoms with E-state index in [9.17, 15) is 18.7 Å². The topological polar surface area (TPSA) is 49.3 Å². The molecule has 3 nitrogen and oxygen atoms in total. The molecule has 0 aliphatic heterocycles. The average Bonchev–Trinajstić information content (AvgIpc) is 2.78. The Morgan fingerprint density at radius 3 is 2.79 bits per heavy atom. The van der Waals surface area contributed by atoms with Gasteiger partial charge in [-0.3, -0.25) is 4.79 Å². The third-order valence-corrected chi connectivity index (χ3v) is 3.58. The van der Waals surface area contributed by atoms with Crippen LogP contribution in [-0.2, 0) is 0 Å². The summed E-state index contributed by atoms with van der Waals surface area (Å²) in [4.78, 5) is 11.8.